The number of nitrogens with one attached hydrogen (secondary N) is 2. The molecule has 4 aromatic rings. The van der Waals surface area contributed by atoms with Gasteiger partial charge in [0, 0.05) is 6.54 Å². The number of para-hydroxylation sites is 2. The second kappa shape index (κ2) is 8.96. The van der Waals surface area contributed by atoms with Crippen molar-refractivity contribution in [3.05, 3.63) is 88.4 Å². The van der Waals surface area contributed by atoms with Crippen molar-refractivity contribution in [3.8, 4) is 0 Å². The highest BCUT2D eigenvalue weighted by Crippen LogP contribution is 2.25. The Kier molecular flexibility index (Phi) is 5.73. The molecule has 1 aliphatic rings. The molecule has 1 aliphatic heterocycles. The SMILES string of the molecule is O=C(N[C@@H](Cc1ccccc1)c1nc2ccccc2[nH]1)[C@H]1CCCN1C(=O)c1cccs1. The first-order valence-corrected chi connectivity index (χ1v) is 11.7. The van der Waals surface area contributed by atoms with Gasteiger partial charge >= 0.3 is 0 Å². The minimum absolute atomic E-state index is 0.0685. The van der Waals surface area contributed by atoms with E-state index in [2.05, 4.69) is 10.3 Å². The predicted octanol–water partition coefficient (Wildman–Crippen LogP) is 4.33. The van der Waals surface area contributed by atoms with E-state index in [9.17, 15) is 9.59 Å². The molecule has 0 aliphatic carbocycles. The number of hydrogen-bond acceptors (Lipinski definition) is 4. The van der Waals surface area contributed by atoms with Crippen LogP contribution in [0.1, 0.15) is 39.9 Å². The second-order valence-electron chi connectivity index (χ2n) is 8.02. The molecule has 0 saturated carbocycles. The minimum atomic E-state index is -0.466. The molecule has 0 unspecified atom stereocenters. The first kappa shape index (κ1) is 20.5. The Labute approximate surface area is 190 Å². The molecule has 1 saturated heterocycles. The number of H-pyrrole nitrogens is 1. The fourth-order valence-corrected chi connectivity index (χ4v) is 4.97. The van der Waals surface area contributed by atoms with Gasteiger partial charge in [-0.1, -0.05) is 48.5 Å². The molecule has 2 atom stereocenters. The molecule has 2 N–H and O–H groups in total. The zero-order valence-electron chi connectivity index (χ0n) is 17.5. The monoisotopic (exact) mass is 444 g/mol. The molecule has 0 radical (unpaired) electrons. The molecule has 2 aromatic heterocycles. The van der Waals surface area contributed by atoms with Gasteiger partial charge in [-0.05, 0) is 48.4 Å². The van der Waals surface area contributed by atoms with Crippen molar-refractivity contribution in [2.75, 3.05) is 6.54 Å². The van der Waals surface area contributed by atoms with E-state index >= 15 is 0 Å². The van der Waals surface area contributed by atoms with Crippen LogP contribution in [0.4, 0.5) is 0 Å². The third kappa shape index (κ3) is 4.16. The van der Waals surface area contributed by atoms with Crippen molar-refractivity contribution in [2.45, 2.75) is 31.3 Å². The number of aromatic nitrogens is 2. The maximum Gasteiger partial charge on any atom is 0.264 e. The van der Waals surface area contributed by atoms with Gasteiger partial charge in [0.25, 0.3) is 5.91 Å². The largest absolute Gasteiger partial charge is 0.344 e. The summed E-state index contributed by atoms with van der Waals surface area (Å²) >= 11 is 1.41. The Morgan fingerprint density at radius 2 is 1.91 bits per heavy atom. The zero-order chi connectivity index (χ0) is 21.9. The summed E-state index contributed by atoms with van der Waals surface area (Å²) in [6.45, 7) is 0.600. The van der Waals surface area contributed by atoms with Gasteiger partial charge in [0.2, 0.25) is 5.91 Å². The average Bonchev–Trinajstić information content (AvgIpc) is 3.59. The van der Waals surface area contributed by atoms with Crippen molar-refractivity contribution in [2.24, 2.45) is 0 Å². The first-order valence-electron chi connectivity index (χ1n) is 10.8. The molecule has 0 bridgehead atoms. The van der Waals surface area contributed by atoms with E-state index in [1.54, 1.807) is 4.90 Å². The summed E-state index contributed by atoms with van der Waals surface area (Å²) in [4.78, 5) is 36.8. The lowest BCUT2D eigenvalue weighted by molar-refractivity contribution is -0.125. The number of nitrogens with zero attached hydrogens (tertiary/aromatic N) is 2. The number of carbonyl (C=O) groups excluding carboxylic acids is 2. The van der Waals surface area contributed by atoms with E-state index in [4.69, 9.17) is 4.98 Å². The van der Waals surface area contributed by atoms with E-state index in [1.165, 1.54) is 11.3 Å². The predicted molar refractivity (Wildman–Crippen MR) is 126 cm³/mol. The van der Waals surface area contributed by atoms with Crippen molar-refractivity contribution >= 4 is 34.2 Å². The minimum Gasteiger partial charge on any atom is -0.344 e. The molecular weight excluding hydrogens is 420 g/mol. The Hall–Kier alpha value is -3.45. The van der Waals surface area contributed by atoms with Crippen LogP contribution in [-0.2, 0) is 11.2 Å². The standard InChI is InChI=1S/C25H24N4O2S/c30-24(21-12-6-14-29(21)25(31)22-13-7-15-32-22)28-20(16-17-8-2-1-3-9-17)23-26-18-10-4-5-11-19(18)27-23/h1-5,7-11,13,15,20-21H,6,12,14,16H2,(H,26,27)(H,28,30)/t20-,21+/m0/s1. The number of benzene rings is 2. The number of amides is 2. The van der Waals surface area contributed by atoms with Crippen LogP contribution in [0.3, 0.4) is 0 Å². The highest BCUT2D eigenvalue weighted by Gasteiger charge is 2.36. The van der Waals surface area contributed by atoms with Crippen LogP contribution in [0.15, 0.2) is 72.1 Å². The summed E-state index contributed by atoms with van der Waals surface area (Å²) in [7, 11) is 0. The van der Waals surface area contributed by atoms with Gasteiger partial charge in [-0.3, -0.25) is 9.59 Å². The summed E-state index contributed by atoms with van der Waals surface area (Å²) in [5.74, 6) is 0.521. The number of hydrogen-bond donors (Lipinski definition) is 2. The highest BCUT2D eigenvalue weighted by atomic mass is 32.1. The molecule has 0 spiro atoms. The Morgan fingerprint density at radius 3 is 2.69 bits per heavy atom. The Morgan fingerprint density at radius 1 is 1.09 bits per heavy atom. The van der Waals surface area contributed by atoms with Crippen molar-refractivity contribution in [1.29, 1.82) is 0 Å². The van der Waals surface area contributed by atoms with Crippen LogP contribution in [0, 0.1) is 0 Å². The molecule has 5 rings (SSSR count). The number of likely N-dealkylation sites (tertiary alicyclic amines) is 1. The zero-order valence-corrected chi connectivity index (χ0v) is 18.3. The van der Waals surface area contributed by atoms with Crippen molar-refractivity contribution in [3.63, 3.8) is 0 Å². The Bertz CT molecular complexity index is 1190. The van der Waals surface area contributed by atoms with Gasteiger partial charge in [-0.15, -0.1) is 11.3 Å². The topological polar surface area (TPSA) is 78.1 Å². The molecule has 1 fully saturated rings. The lowest BCUT2D eigenvalue weighted by Gasteiger charge is -2.26. The quantitative estimate of drug-likeness (QED) is 0.465. The third-order valence-electron chi connectivity index (χ3n) is 5.89. The molecular formula is C25H24N4O2S. The smallest absolute Gasteiger partial charge is 0.264 e. The summed E-state index contributed by atoms with van der Waals surface area (Å²) < 4.78 is 0. The van der Waals surface area contributed by atoms with Crippen molar-refractivity contribution < 1.29 is 9.59 Å². The number of imidazole rings is 1. The van der Waals surface area contributed by atoms with Crippen LogP contribution in [-0.4, -0.2) is 39.3 Å². The molecule has 32 heavy (non-hydrogen) atoms. The lowest BCUT2D eigenvalue weighted by atomic mass is 10.0. The lowest BCUT2D eigenvalue weighted by Crippen LogP contribution is -2.47. The first-order chi connectivity index (χ1) is 15.7. The van der Waals surface area contributed by atoms with E-state index < -0.39 is 6.04 Å². The van der Waals surface area contributed by atoms with Gasteiger partial charge in [-0.2, -0.15) is 0 Å². The fourth-order valence-electron chi connectivity index (χ4n) is 4.30. The fraction of sp³-hybridized carbons (Fsp3) is 0.240. The molecule has 3 heterocycles. The van der Waals surface area contributed by atoms with Gasteiger partial charge in [-0.25, -0.2) is 4.98 Å². The second-order valence-corrected chi connectivity index (χ2v) is 8.97. The summed E-state index contributed by atoms with van der Waals surface area (Å²) in [5.41, 5.74) is 2.91. The molecule has 6 nitrogen and oxygen atoms in total. The number of rotatable bonds is 6. The summed E-state index contributed by atoms with van der Waals surface area (Å²) in [5, 5.41) is 5.08. The molecule has 7 heteroatoms. The molecule has 162 valence electrons. The summed E-state index contributed by atoms with van der Waals surface area (Å²) in [6, 6.07) is 20.8. The van der Waals surface area contributed by atoms with E-state index in [1.807, 2.05) is 72.1 Å². The molecule has 2 amide bonds. The van der Waals surface area contributed by atoms with Gasteiger partial charge in [0.15, 0.2) is 0 Å². The van der Waals surface area contributed by atoms with Crippen molar-refractivity contribution in [1.82, 2.24) is 20.2 Å². The highest BCUT2D eigenvalue weighted by molar-refractivity contribution is 7.12. The Balaban J connectivity index is 1.40. The van der Waals surface area contributed by atoms with Crippen LogP contribution < -0.4 is 5.32 Å². The van der Waals surface area contributed by atoms with Gasteiger partial charge in [0.1, 0.15) is 11.9 Å². The van der Waals surface area contributed by atoms with Crippen LogP contribution in [0.2, 0.25) is 0 Å². The van der Waals surface area contributed by atoms with Gasteiger partial charge in [0.05, 0.1) is 22.0 Å². The normalized spacial score (nSPS) is 16.9. The van der Waals surface area contributed by atoms with Crippen LogP contribution in [0.5, 0.6) is 0 Å². The van der Waals surface area contributed by atoms with Crippen LogP contribution >= 0.6 is 11.3 Å². The summed E-state index contributed by atoms with van der Waals surface area (Å²) in [6.07, 6.45) is 2.10. The molecule has 2 aromatic carbocycles. The number of carbonyl (C=O) groups is 2. The van der Waals surface area contributed by atoms with E-state index in [-0.39, 0.29) is 17.9 Å². The maximum atomic E-state index is 13.4. The number of aromatic amines is 1. The van der Waals surface area contributed by atoms with E-state index in [0.29, 0.717) is 24.3 Å². The van der Waals surface area contributed by atoms with Crippen LogP contribution in [0.25, 0.3) is 11.0 Å². The number of fused-ring (bicyclic) bond motifs is 1. The third-order valence-corrected chi connectivity index (χ3v) is 6.74. The average molecular weight is 445 g/mol. The van der Waals surface area contributed by atoms with E-state index in [0.717, 1.165) is 28.8 Å². The maximum absolute atomic E-state index is 13.4. The number of thiophene rings is 1. The van der Waals surface area contributed by atoms with Gasteiger partial charge < -0.3 is 15.2 Å².